The Balaban J connectivity index is 2.14. The second-order valence-electron chi connectivity index (χ2n) is 3.73. The molecule has 1 rings (SSSR count). The molecule has 1 N–H and O–H groups in total. The Morgan fingerprint density at radius 2 is 2.18 bits per heavy atom. The number of hydrogen-bond acceptors (Lipinski definition) is 3. The minimum absolute atomic E-state index is 0.630. The Bertz CT molecular complexity index is 336. The third-order valence-electron chi connectivity index (χ3n) is 2.21. The van der Waals surface area contributed by atoms with Crippen LogP contribution in [0.25, 0.3) is 0 Å². The van der Waals surface area contributed by atoms with E-state index >= 15 is 0 Å². The Morgan fingerprint density at radius 1 is 1.41 bits per heavy atom. The molecule has 17 heavy (non-hydrogen) atoms. The van der Waals surface area contributed by atoms with E-state index in [1.807, 2.05) is 6.07 Å². The number of halogens is 2. The molecule has 0 aliphatic carbocycles. The molecule has 0 amide bonds. The summed E-state index contributed by atoms with van der Waals surface area (Å²) in [4.78, 5) is 4.19. The number of unbranched alkanes of at least 4 members (excludes halogenated alkanes) is 1. The van der Waals surface area contributed by atoms with Gasteiger partial charge in [-0.25, -0.2) is 4.98 Å². The van der Waals surface area contributed by atoms with E-state index in [2.05, 4.69) is 33.2 Å². The summed E-state index contributed by atoms with van der Waals surface area (Å²) in [5.74, 6) is 0.822. The third kappa shape index (κ3) is 6.24. The summed E-state index contributed by atoms with van der Waals surface area (Å²) in [6.45, 7) is 4.66. The summed E-state index contributed by atoms with van der Waals surface area (Å²) >= 11 is 9.22. The SMILES string of the molecule is CCCCOCCCNc1ncc(Cl)cc1Br. The van der Waals surface area contributed by atoms with Crippen LogP contribution in [-0.4, -0.2) is 24.7 Å². The van der Waals surface area contributed by atoms with Crippen LogP contribution in [0, 0.1) is 0 Å². The van der Waals surface area contributed by atoms with Gasteiger partial charge in [-0.1, -0.05) is 24.9 Å². The van der Waals surface area contributed by atoms with Gasteiger partial charge >= 0.3 is 0 Å². The van der Waals surface area contributed by atoms with Crippen molar-refractivity contribution in [1.82, 2.24) is 4.98 Å². The Kier molecular flexibility index (Phi) is 7.56. The van der Waals surface area contributed by atoms with Gasteiger partial charge < -0.3 is 10.1 Å². The van der Waals surface area contributed by atoms with Crippen LogP contribution in [0.2, 0.25) is 5.02 Å². The molecular formula is C12H18BrClN2O. The lowest BCUT2D eigenvalue weighted by atomic mass is 10.3. The van der Waals surface area contributed by atoms with Crippen LogP contribution in [-0.2, 0) is 4.74 Å². The summed E-state index contributed by atoms with van der Waals surface area (Å²) < 4.78 is 6.35. The number of aromatic nitrogens is 1. The highest BCUT2D eigenvalue weighted by Crippen LogP contribution is 2.22. The molecular weight excluding hydrogens is 304 g/mol. The topological polar surface area (TPSA) is 34.1 Å². The van der Waals surface area contributed by atoms with Crippen LogP contribution >= 0.6 is 27.5 Å². The van der Waals surface area contributed by atoms with Crippen molar-refractivity contribution in [3.8, 4) is 0 Å². The fourth-order valence-electron chi connectivity index (χ4n) is 1.27. The molecule has 0 aliphatic heterocycles. The summed E-state index contributed by atoms with van der Waals surface area (Å²) in [7, 11) is 0. The fourth-order valence-corrected chi connectivity index (χ4v) is 2.05. The van der Waals surface area contributed by atoms with Crippen molar-refractivity contribution < 1.29 is 4.74 Å². The zero-order valence-electron chi connectivity index (χ0n) is 10.0. The lowest BCUT2D eigenvalue weighted by Gasteiger charge is -2.08. The highest BCUT2D eigenvalue weighted by molar-refractivity contribution is 9.10. The molecule has 0 spiro atoms. The molecule has 3 nitrogen and oxygen atoms in total. The molecule has 5 heteroatoms. The van der Waals surface area contributed by atoms with Gasteiger partial charge in [0, 0.05) is 26.0 Å². The van der Waals surface area contributed by atoms with Crippen molar-refractivity contribution in [1.29, 1.82) is 0 Å². The number of pyridine rings is 1. The normalized spacial score (nSPS) is 10.5. The third-order valence-corrected chi connectivity index (χ3v) is 3.02. The lowest BCUT2D eigenvalue weighted by molar-refractivity contribution is 0.131. The standard InChI is InChI=1S/C12H18BrClN2O/c1-2-3-6-17-7-4-5-15-12-11(13)8-10(14)9-16-12/h8-9H,2-7H2,1H3,(H,15,16). The van der Waals surface area contributed by atoms with Gasteiger partial charge in [-0.2, -0.15) is 0 Å². The highest BCUT2D eigenvalue weighted by atomic mass is 79.9. The van der Waals surface area contributed by atoms with Crippen LogP contribution in [0.3, 0.4) is 0 Å². The average Bonchev–Trinajstić information content (AvgIpc) is 2.30. The van der Waals surface area contributed by atoms with E-state index < -0.39 is 0 Å². The summed E-state index contributed by atoms with van der Waals surface area (Å²) in [6, 6.07) is 1.83. The first-order valence-electron chi connectivity index (χ1n) is 5.86. The largest absolute Gasteiger partial charge is 0.381 e. The van der Waals surface area contributed by atoms with Crippen molar-refractivity contribution in [2.24, 2.45) is 0 Å². The van der Waals surface area contributed by atoms with Crippen LogP contribution in [0.5, 0.6) is 0 Å². The smallest absolute Gasteiger partial charge is 0.140 e. The number of anilines is 1. The molecule has 0 unspecified atom stereocenters. The van der Waals surface area contributed by atoms with E-state index in [1.54, 1.807) is 6.20 Å². The van der Waals surface area contributed by atoms with Crippen LogP contribution in [0.15, 0.2) is 16.7 Å². The lowest BCUT2D eigenvalue weighted by Crippen LogP contribution is -2.07. The molecule has 0 radical (unpaired) electrons. The number of nitrogens with zero attached hydrogens (tertiary/aromatic N) is 1. The predicted molar refractivity (Wildman–Crippen MR) is 75.8 cm³/mol. The molecule has 1 heterocycles. The van der Waals surface area contributed by atoms with Crippen molar-refractivity contribution in [3.63, 3.8) is 0 Å². The summed E-state index contributed by atoms with van der Waals surface area (Å²) in [6.07, 6.45) is 4.92. The number of rotatable bonds is 8. The zero-order chi connectivity index (χ0) is 12.5. The summed E-state index contributed by atoms with van der Waals surface area (Å²) in [5, 5.41) is 3.86. The molecule has 0 atom stereocenters. The maximum atomic E-state index is 5.81. The average molecular weight is 322 g/mol. The predicted octanol–water partition coefficient (Wildman–Crippen LogP) is 4.12. The second-order valence-corrected chi connectivity index (χ2v) is 5.02. The molecule has 0 aromatic carbocycles. The first-order chi connectivity index (χ1) is 8.24. The maximum Gasteiger partial charge on any atom is 0.140 e. The van der Waals surface area contributed by atoms with E-state index in [0.29, 0.717) is 5.02 Å². The van der Waals surface area contributed by atoms with Crippen molar-refractivity contribution in [2.75, 3.05) is 25.1 Å². The molecule has 0 saturated carbocycles. The zero-order valence-corrected chi connectivity index (χ0v) is 12.4. The summed E-state index contributed by atoms with van der Waals surface area (Å²) in [5.41, 5.74) is 0. The van der Waals surface area contributed by atoms with E-state index in [0.717, 1.165) is 42.9 Å². The second kappa shape index (κ2) is 8.72. The molecule has 96 valence electrons. The van der Waals surface area contributed by atoms with E-state index in [-0.39, 0.29) is 0 Å². The van der Waals surface area contributed by atoms with Crippen molar-refractivity contribution >= 4 is 33.3 Å². The van der Waals surface area contributed by atoms with Gasteiger partial charge in [0.25, 0.3) is 0 Å². The molecule has 1 aromatic rings. The molecule has 0 saturated heterocycles. The Labute approximate surface area is 116 Å². The van der Waals surface area contributed by atoms with E-state index in [1.165, 1.54) is 6.42 Å². The van der Waals surface area contributed by atoms with Gasteiger partial charge in [0.2, 0.25) is 0 Å². The maximum absolute atomic E-state index is 5.81. The van der Waals surface area contributed by atoms with Gasteiger partial charge in [0.1, 0.15) is 5.82 Å². The van der Waals surface area contributed by atoms with Gasteiger partial charge in [-0.05, 0) is 34.8 Å². The number of hydrogen-bond donors (Lipinski definition) is 1. The van der Waals surface area contributed by atoms with Crippen LogP contribution in [0.4, 0.5) is 5.82 Å². The number of ether oxygens (including phenoxy) is 1. The van der Waals surface area contributed by atoms with Gasteiger partial charge in [0.15, 0.2) is 0 Å². The van der Waals surface area contributed by atoms with Gasteiger partial charge in [0.05, 0.1) is 9.50 Å². The molecule has 0 aliphatic rings. The Hall–Kier alpha value is -0.320. The van der Waals surface area contributed by atoms with Gasteiger partial charge in [-0.3, -0.25) is 0 Å². The molecule has 1 aromatic heterocycles. The van der Waals surface area contributed by atoms with Crippen LogP contribution in [0.1, 0.15) is 26.2 Å². The monoisotopic (exact) mass is 320 g/mol. The minimum Gasteiger partial charge on any atom is -0.381 e. The number of nitrogens with one attached hydrogen (secondary N) is 1. The minimum atomic E-state index is 0.630. The van der Waals surface area contributed by atoms with Crippen molar-refractivity contribution in [2.45, 2.75) is 26.2 Å². The fraction of sp³-hybridized carbons (Fsp3) is 0.583. The first kappa shape index (κ1) is 14.7. The van der Waals surface area contributed by atoms with Crippen LogP contribution < -0.4 is 5.32 Å². The van der Waals surface area contributed by atoms with Gasteiger partial charge in [-0.15, -0.1) is 0 Å². The van der Waals surface area contributed by atoms with E-state index in [9.17, 15) is 0 Å². The molecule has 0 bridgehead atoms. The highest BCUT2D eigenvalue weighted by Gasteiger charge is 2.01. The Morgan fingerprint density at radius 3 is 2.88 bits per heavy atom. The van der Waals surface area contributed by atoms with E-state index in [4.69, 9.17) is 16.3 Å². The first-order valence-corrected chi connectivity index (χ1v) is 7.03. The quantitative estimate of drug-likeness (QED) is 0.731. The van der Waals surface area contributed by atoms with Crippen molar-refractivity contribution in [3.05, 3.63) is 21.8 Å². The molecule has 0 fully saturated rings.